The summed E-state index contributed by atoms with van der Waals surface area (Å²) < 4.78 is 30.7. The SMILES string of the molecule is CCN(C(=O)c1cc2c(cc1Cl)C(C)(C)C(=O)N2CCNC(=O)C(F)F)[C@@H]1CCCN(C(=O)OC(C)(C)C)C1. The topological polar surface area (TPSA) is 99.3 Å². The first-order chi connectivity index (χ1) is 18.1. The Balaban J connectivity index is 1.86. The summed E-state index contributed by atoms with van der Waals surface area (Å²) in [5, 5.41) is 2.29. The number of benzene rings is 1. The van der Waals surface area contributed by atoms with E-state index in [1.54, 1.807) is 56.6 Å². The summed E-state index contributed by atoms with van der Waals surface area (Å²) in [5.41, 5.74) is -0.361. The van der Waals surface area contributed by atoms with Gasteiger partial charge in [-0.15, -0.1) is 0 Å². The van der Waals surface area contributed by atoms with Crippen LogP contribution in [0.15, 0.2) is 12.1 Å². The molecule has 39 heavy (non-hydrogen) atoms. The van der Waals surface area contributed by atoms with Crippen molar-refractivity contribution in [2.45, 2.75) is 77.9 Å². The summed E-state index contributed by atoms with van der Waals surface area (Å²) in [6.07, 6.45) is -2.19. The van der Waals surface area contributed by atoms with Gasteiger partial charge in [0.05, 0.1) is 16.0 Å². The predicted octanol–water partition coefficient (Wildman–Crippen LogP) is 4.21. The highest BCUT2D eigenvalue weighted by atomic mass is 35.5. The molecule has 0 radical (unpaired) electrons. The number of carbonyl (C=O) groups is 4. The number of likely N-dealkylation sites (N-methyl/N-ethyl adjacent to an activating group) is 1. The average molecular weight is 571 g/mol. The molecule has 216 valence electrons. The standard InChI is InChI=1S/C27H37ClF2N4O5/c1-7-33(16-9-8-11-32(15-16)25(38)39-26(2,3)4)23(36)17-13-20-18(14-19(17)28)27(5,6)24(37)34(20)12-10-31-22(35)21(29)30/h13-14,16,21H,7-12,15H2,1-6H3,(H,31,35)/t16-/m1/s1. The van der Waals surface area contributed by atoms with Gasteiger partial charge in [-0.2, -0.15) is 8.78 Å². The number of likely N-dealkylation sites (tertiary alicyclic amines) is 1. The fourth-order valence-electron chi connectivity index (χ4n) is 5.03. The summed E-state index contributed by atoms with van der Waals surface area (Å²) in [6.45, 7) is 11.7. The molecule has 1 atom stereocenters. The van der Waals surface area contributed by atoms with Crippen molar-refractivity contribution in [3.63, 3.8) is 0 Å². The molecule has 0 aliphatic carbocycles. The van der Waals surface area contributed by atoms with Crippen molar-refractivity contribution in [3.8, 4) is 0 Å². The quantitative estimate of drug-likeness (QED) is 0.529. The lowest BCUT2D eigenvalue weighted by atomic mass is 9.85. The van der Waals surface area contributed by atoms with Gasteiger partial charge in [0.25, 0.3) is 11.8 Å². The van der Waals surface area contributed by atoms with Gasteiger partial charge in [0.15, 0.2) is 0 Å². The molecule has 3 rings (SSSR count). The van der Waals surface area contributed by atoms with E-state index >= 15 is 0 Å². The lowest BCUT2D eigenvalue weighted by Crippen LogP contribution is -2.52. The zero-order chi connectivity index (χ0) is 29.3. The second kappa shape index (κ2) is 11.7. The Morgan fingerprint density at radius 2 is 1.92 bits per heavy atom. The van der Waals surface area contributed by atoms with Gasteiger partial charge in [0.2, 0.25) is 5.91 Å². The molecule has 0 spiro atoms. The van der Waals surface area contributed by atoms with Crippen LogP contribution in [0, 0.1) is 0 Å². The van der Waals surface area contributed by atoms with Gasteiger partial charge in [-0.3, -0.25) is 14.4 Å². The number of halogens is 3. The average Bonchev–Trinajstić information content (AvgIpc) is 3.02. The minimum absolute atomic E-state index is 0.0477. The van der Waals surface area contributed by atoms with E-state index in [9.17, 15) is 28.0 Å². The first-order valence-electron chi connectivity index (χ1n) is 13.1. The maximum Gasteiger partial charge on any atom is 0.410 e. The molecule has 0 aromatic heterocycles. The fraction of sp³-hybridized carbons (Fsp3) is 0.630. The van der Waals surface area contributed by atoms with Crippen LogP contribution in [0.2, 0.25) is 5.02 Å². The minimum atomic E-state index is -3.16. The van der Waals surface area contributed by atoms with Crippen molar-refractivity contribution in [2.75, 3.05) is 37.6 Å². The number of alkyl halides is 2. The van der Waals surface area contributed by atoms with Crippen LogP contribution in [0.3, 0.4) is 0 Å². The van der Waals surface area contributed by atoms with Crippen LogP contribution in [0.1, 0.15) is 70.3 Å². The minimum Gasteiger partial charge on any atom is -0.444 e. The zero-order valence-corrected chi connectivity index (χ0v) is 24.0. The molecule has 4 amide bonds. The Morgan fingerprint density at radius 3 is 2.51 bits per heavy atom. The highest BCUT2D eigenvalue weighted by Gasteiger charge is 2.45. The number of anilines is 1. The van der Waals surface area contributed by atoms with Gasteiger partial charge in [0.1, 0.15) is 5.60 Å². The van der Waals surface area contributed by atoms with Crippen molar-refractivity contribution in [1.29, 1.82) is 0 Å². The number of carbonyl (C=O) groups excluding carboxylic acids is 4. The lowest BCUT2D eigenvalue weighted by Gasteiger charge is -2.39. The predicted molar refractivity (Wildman–Crippen MR) is 143 cm³/mol. The molecule has 1 aromatic carbocycles. The van der Waals surface area contributed by atoms with Crippen molar-refractivity contribution < 1.29 is 32.7 Å². The Kier molecular flexibility index (Phi) is 9.14. The van der Waals surface area contributed by atoms with Crippen LogP contribution in [-0.4, -0.2) is 84.4 Å². The molecule has 1 saturated heterocycles. The number of hydrogen-bond donors (Lipinski definition) is 1. The van der Waals surface area contributed by atoms with E-state index in [4.69, 9.17) is 16.3 Å². The fourth-order valence-corrected chi connectivity index (χ4v) is 5.27. The molecule has 2 aliphatic heterocycles. The van der Waals surface area contributed by atoms with E-state index < -0.39 is 29.4 Å². The Bertz CT molecular complexity index is 1140. The van der Waals surface area contributed by atoms with E-state index in [1.807, 2.05) is 6.92 Å². The molecule has 1 fully saturated rings. The zero-order valence-electron chi connectivity index (χ0n) is 23.3. The highest BCUT2D eigenvalue weighted by molar-refractivity contribution is 6.34. The van der Waals surface area contributed by atoms with Crippen LogP contribution < -0.4 is 10.2 Å². The Labute approximate surface area is 232 Å². The Morgan fingerprint density at radius 1 is 1.26 bits per heavy atom. The first-order valence-corrected chi connectivity index (χ1v) is 13.5. The second-order valence-electron chi connectivity index (χ2n) is 11.3. The van der Waals surface area contributed by atoms with Crippen molar-refractivity contribution in [2.24, 2.45) is 0 Å². The number of nitrogens with zero attached hydrogens (tertiary/aromatic N) is 3. The maximum atomic E-state index is 13.8. The van der Waals surface area contributed by atoms with Gasteiger partial charge in [-0.1, -0.05) is 11.6 Å². The molecule has 0 unspecified atom stereocenters. The largest absolute Gasteiger partial charge is 0.444 e. The van der Waals surface area contributed by atoms with Crippen molar-refractivity contribution >= 4 is 41.1 Å². The van der Waals surface area contributed by atoms with E-state index in [1.165, 1.54) is 4.90 Å². The molecule has 12 heteroatoms. The molecular weight excluding hydrogens is 534 g/mol. The molecule has 0 bridgehead atoms. The molecular formula is C27H37ClF2N4O5. The molecule has 1 N–H and O–H groups in total. The van der Waals surface area contributed by atoms with E-state index in [2.05, 4.69) is 5.32 Å². The molecule has 2 heterocycles. The van der Waals surface area contributed by atoms with E-state index in [-0.39, 0.29) is 41.5 Å². The lowest BCUT2D eigenvalue weighted by molar-refractivity contribution is -0.131. The third-order valence-electron chi connectivity index (χ3n) is 6.98. The number of amides is 4. The number of rotatable bonds is 7. The van der Waals surface area contributed by atoms with E-state index in [0.29, 0.717) is 43.7 Å². The molecule has 1 aromatic rings. The number of ether oxygens (including phenoxy) is 1. The van der Waals surface area contributed by atoms with Gasteiger partial charge in [0, 0.05) is 44.5 Å². The third-order valence-corrected chi connectivity index (χ3v) is 7.30. The van der Waals surface area contributed by atoms with Crippen LogP contribution in [-0.2, 0) is 19.7 Å². The maximum absolute atomic E-state index is 13.8. The van der Waals surface area contributed by atoms with Gasteiger partial charge in [-0.25, -0.2) is 4.79 Å². The summed E-state index contributed by atoms with van der Waals surface area (Å²) in [6, 6.07) is 2.90. The van der Waals surface area contributed by atoms with E-state index in [0.717, 1.165) is 0 Å². The number of hydrogen-bond acceptors (Lipinski definition) is 5. The summed E-state index contributed by atoms with van der Waals surface area (Å²) in [5.74, 6) is -2.05. The first kappa shape index (κ1) is 30.6. The number of piperidine rings is 1. The van der Waals surface area contributed by atoms with Crippen molar-refractivity contribution in [3.05, 3.63) is 28.3 Å². The van der Waals surface area contributed by atoms with Crippen molar-refractivity contribution in [1.82, 2.24) is 15.1 Å². The second-order valence-corrected chi connectivity index (χ2v) is 11.7. The van der Waals surface area contributed by atoms with Gasteiger partial charge < -0.3 is 24.8 Å². The normalized spacial score (nSPS) is 18.7. The van der Waals surface area contributed by atoms with Crippen LogP contribution >= 0.6 is 11.6 Å². The number of fused-ring (bicyclic) bond motifs is 1. The summed E-state index contributed by atoms with van der Waals surface area (Å²) in [4.78, 5) is 55.6. The Hall–Kier alpha value is -2.95. The van der Waals surface area contributed by atoms with Crippen LogP contribution in [0.5, 0.6) is 0 Å². The smallest absolute Gasteiger partial charge is 0.410 e. The highest BCUT2D eigenvalue weighted by Crippen LogP contribution is 2.44. The summed E-state index contributed by atoms with van der Waals surface area (Å²) in [7, 11) is 0. The van der Waals surface area contributed by atoms with Gasteiger partial charge >= 0.3 is 12.5 Å². The molecule has 0 saturated carbocycles. The van der Waals surface area contributed by atoms with Crippen LogP contribution in [0.4, 0.5) is 19.3 Å². The van der Waals surface area contributed by atoms with Crippen LogP contribution in [0.25, 0.3) is 0 Å². The molecule has 9 nitrogen and oxygen atoms in total. The monoisotopic (exact) mass is 570 g/mol. The number of nitrogens with one attached hydrogen (secondary N) is 1. The third kappa shape index (κ3) is 6.62. The molecule has 2 aliphatic rings. The van der Waals surface area contributed by atoms with Gasteiger partial charge in [-0.05, 0) is 72.1 Å². The summed E-state index contributed by atoms with van der Waals surface area (Å²) >= 11 is 6.60.